The molecule has 1 aliphatic heterocycles. The third-order valence-electron chi connectivity index (χ3n) is 5.02. The second-order valence-electron chi connectivity index (χ2n) is 8.03. The number of nitrogens with zero attached hydrogens (tertiary/aromatic N) is 2. The van der Waals surface area contributed by atoms with Crippen LogP contribution in [0.2, 0.25) is 0 Å². The molecule has 1 N–H and O–H groups in total. The normalized spacial score (nSPS) is 26.9. The number of hydrogen-bond donors (Lipinski definition) is 1. The van der Waals surface area contributed by atoms with Gasteiger partial charge in [-0.15, -0.1) is 0 Å². The Kier molecular flexibility index (Phi) is 3.81. The maximum atomic E-state index is 5.06. The molecular formula is C17H29N3S. The largest absolute Gasteiger partial charge is 0.343 e. The fourth-order valence-electron chi connectivity index (χ4n) is 3.91. The lowest BCUT2D eigenvalue weighted by Gasteiger charge is -2.34. The summed E-state index contributed by atoms with van der Waals surface area (Å²) in [6.45, 7) is 13.8. The number of hydrogen-bond acceptors (Lipinski definition) is 4. The van der Waals surface area contributed by atoms with E-state index in [1.807, 2.05) is 11.3 Å². The standard InChI is InChI=1S/C17H29N3S/c1-6-18-12-10-16(2,3)11-13-14(12)21-15(19-13)20-9-7-8-17(20,4)5/h12,18H,6-11H2,1-5H3. The predicted octanol–water partition coefficient (Wildman–Crippen LogP) is 4.14. The third-order valence-corrected chi connectivity index (χ3v) is 6.25. The summed E-state index contributed by atoms with van der Waals surface area (Å²) in [5, 5.41) is 4.93. The molecule has 1 fully saturated rings. The fraction of sp³-hybridized carbons (Fsp3) is 0.824. The first kappa shape index (κ1) is 15.3. The number of aromatic nitrogens is 1. The first-order valence-corrected chi connectivity index (χ1v) is 9.15. The van der Waals surface area contributed by atoms with E-state index in [0.717, 1.165) is 19.5 Å². The van der Waals surface area contributed by atoms with Gasteiger partial charge in [-0.3, -0.25) is 0 Å². The predicted molar refractivity (Wildman–Crippen MR) is 91.3 cm³/mol. The van der Waals surface area contributed by atoms with Gasteiger partial charge >= 0.3 is 0 Å². The Morgan fingerprint density at radius 1 is 1.33 bits per heavy atom. The number of thiazole rings is 1. The molecule has 0 bridgehead atoms. The minimum Gasteiger partial charge on any atom is -0.343 e. The maximum absolute atomic E-state index is 5.06. The summed E-state index contributed by atoms with van der Waals surface area (Å²) in [5.74, 6) is 0. The molecule has 0 amide bonds. The van der Waals surface area contributed by atoms with Gasteiger partial charge in [0.25, 0.3) is 0 Å². The van der Waals surface area contributed by atoms with E-state index in [0.29, 0.717) is 11.5 Å². The van der Waals surface area contributed by atoms with Crippen LogP contribution in [0.5, 0.6) is 0 Å². The van der Waals surface area contributed by atoms with Crippen molar-refractivity contribution >= 4 is 16.5 Å². The molecule has 0 spiro atoms. The van der Waals surface area contributed by atoms with Crippen molar-refractivity contribution in [2.45, 2.75) is 71.9 Å². The Labute approximate surface area is 133 Å². The molecule has 4 heteroatoms. The van der Waals surface area contributed by atoms with E-state index in [4.69, 9.17) is 4.98 Å². The highest BCUT2D eigenvalue weighted by Gasteiger charge is 2.38. The van der Waals surface area contributed by atoms with Crippen molar-refractivity contribution in [2.24, 2.45) is 5.41 Å². The highest BCUT2D eigenvalue weighted by atomic mass is 32.1. The van der Waals surface area contributed by atoms with Gasteiger partial charge in [0.2, 0.25) is 0 Å². The monoisotopic (exact) mass is 307 g/mol. The Morgan fingerprint density at radius 2 is 2.10 bits per heavy atom. The SMILES string of the molecule is CCNC1CC(C)(C)Cc2nc(N3CCCC3(C)C)sc21. The second kappa shape index (κ2) is 5.24. The molecule has 3 rings (SSSR count). The highest BCUT2D eigenvalue weighted by molar-refractivity contribution is 7.15. The maximum Gasteiger partial charge on any atom is 0.186 e. The lowest BCUT2D eigenvalue weighted by molar-refractivity contribution is 0.260. The van der Waals surface area contributed by atoms with E-state index in [2.05, 4.69) is 44.8 Å². The summed E-state index contributed by atoms with van der Waals surface area (Å²) in [7, 11) is 0. The molecule has 1 saturated heterocycles. The van der Waals surface area contributed by atoms with Crippen LogP contribution in [0.1, 0.15) is 70.5 Å². The van der Waals surface area contributed by atoms with Crippen molar-refractivity contribution < 1.29 is 0 Å². The fourth-order valence-corrected chi connectivity index (χ4v) is 5.25. The minimum atomic E-state index is 0.268. The van der Waals surface area contributed by atoms with Crippen LogP contribution < -0.4 is 10.2 Å². The lowest BCUT2D eigenvalue weighted by Crippen LogP contribution is -2.38. The molecule has 2 heterocycles. The van der Waals surface area contributed by atoms with Crippen molar-refractivity contribution in [3.8, 4) is 0 Å². The first-order chi connectivity index (χ1) is 9.82. The molecule has 1 aliphatic carbocycles. The van der Waals surface area contributed by atoms with Crippen molar-refractivity contribution in [2.75, 3.05) is 18.0 Å². The van der Waals surface area contributed by atoms with E-state index in [1.165, 1.54) is 35.0 Å². The number of rotatable bonds is 3. The number of anilines is 1. The summed E-state index contributed by atoms with van der Waals surface area (Å²) < 4.78 is 0. The average Bonchev–Trinajstić information content (AvgIpc) is 2.90. The van der Waals surface area contributed by atoms with Crippen molar-refractivity contribution in [1.82, 2.24) is 10.3 Å². The van der Waals surface area contributed by atoms with E-state index < -0.39 is 0 Å². The van der Waals surface area contributed by atoms with Crippen LogP contribution in [0.15, 0.2) is 0 Å². The molecule has 1 aromatic rings. The molecule has 21 heavy (non-hydrogen) atoms. The van der Waals surface area contributed by atoms with Crippen LogP contribution in [0, 0.1) is 5.41 Å². The van der Waals surface area contributed by atoms with Crippen LogP contribution >= 0.6 is 11.3 Å². The Hall–Kier alpha value is -0.610. The molecule has 1 aromatic heterocycles. The number of fused-ring (bicyclic) bond motifs is 1. The van der Waals surface area contributed by atoms with Crippen LogP contribution in [0.4, 0.5) is 5.13 Å². The van der Waals surface area contributed by atoms with Crippen molar-refractivity contribution in [3.05, 3.63) is 10.6 Å². The quantitative estimate of drug-likeness (QED) is 0.909. The van der Waals surface area contributed by atoms with Crippen LogP contribution in [-0.2, 0) is 6.42 Å². The summed E-state index contributed by atoms with van der Waals surface area (Å²) in [6.07, 6.45) is 4.91. The van der Waals surface area contributed by atoms with Crippen molar-refractivity contribution in [3.63, 3.8) is 0 Å². The topological polar surface area (TPSA) is 28.2 Å². The van der Waals surface area contributed by atoms with E-state index in [1.54, 1.807) is 0 Å². The molecule has 1 atom stereocenters. The zero-order valence-corrected chi connectivity index (χ0v) is 14.9. The third kappa shape index (κ3) is 2.85. The van der Waals surface area contributed by atoms with Crippen LogP contribution in [-0.4, -0.2) is 23.6 Å². The molecule has 2 aliphatic rings. The zero-order valence-electron chi connectivity index (χ0n) is 14.1. The van der Waals surface area contributed by atoms with Gasteiger partial charge in [-0.25, -0.2) is 4.98 Å². The Morgan fingerprint density at radius 3 is 2.71 bits per heavy atom. The lowest BCUT2D eigenvalue weighted by atomic mass is 9.76. The van der Waals surface area contributed by atoms with Gasteiger partial charge in [0.05, 0.1) is 5.69 Å². The van der Waals surface area contributed by atoms with Crippen LogP contribution in [0.3, 0.4) is 0 Å². The minimum absolute atomic E-state index is 0.268. The van der Waals surface area contributed by atoms with E-state index >= 15 is 0 Å². The van der Waals surface area contributed by atoms with Gasteiger partial charge in [0.15, 0.2) is 5.13 Å². The molecule has 0 saturated carbocycles. The summed E-state index contributed by atoms with van der Waals surface area (Å²) in [6, 6.07) is 0.491. The molecule has 0 radical (unpaired) electrons. The summed E-state index contributed by atoms with van der Waals surface area (Å²) in [4.78, 5) is 9.09. The smallest absolute Gasteiger partial charge is 0.186 e. The van der Waals surface area contributed by atoms with E-state index in [9.17, 15) is 0 Å². The van der Waals surface area contributed by atoms with Gasteiger partial charge < -0.3 is 10.2 Å². The molecular weight excluding hydrogens is 278 g/mol. The average molecular weight is 308 g/mol. The van der Waals surface area contributed by atoms with Gasteiger partial charge in [0.1, 0.15) is 0 Å². The van der Waals surface area contributed by atoms with Gasteiger partial charge in [0, 0.05) is 23.0 Å². The van der Waals surface area contributed by atoms with Gasteiger partial charge in [-0.2, -0.15) is 0 Å². The molecule has 1 unspecified atom stereocenters. The highest BCUT2D eigenvalue weighted by Crippen LogP contribution is 2.46. The van der Waals surface area contributed by atoms with Gasteiger partial charge in [-0.1, -0.05) is 32.1 Å². The second-order valence-corrected chi connectivity index (χ2v) is 9.04. The van der Waals surface area contributed by atoms with Gasteiger partial charge in [-0.05, 0) is 51.5 Å². The van der Waals surface area contributed by atoms with Crippen LogP contribution in [0.25, 0.3) is 0 Å². The zero-order chi connectivity index (χ0) is 15.3. The van der Waals surface area contributed by atoms with Crippen molar-refractivity contribution in [1.29, 1.82) is 0 Å². The summed E-state index contributed by atoms with van der Waals surface area (Å²) in [5.41, 5.74) is 1.97. The molecule has 3 nitrogen and oxygen atoms in total. The van der Waals surface area contributed by atoms with E-state index in [-0.39, 0.29) is 5.54 Å². The molecule has 0 aromatic carbocycles. The Bertz CT molecular complexity index is 518. The number of nitrogens with one attached hydrogen (secondary N) is 1. The summed E-state index contributed by atoms with van der Waals surface area (Å²) >= 11 is 1.94. The first-order valence-electron chi connectivity index (χ1n) is 8.33. The molecule has 118 valence electrons. The Balaban J connectivity index is 1.94.